The molecule has 0 N–H and O–H groups in total. The van der Waals surface area contributed by atoms with E-state index in [4.69, 9.17) is 4.42 Å². The highest BCUT2D eigenvalue weighted by molar-refractivity contribution is 6.17. The maximum atomic E-state index is 6.33. The third-order valence-corrected chi connectivity index (χ3v) is 4.41. The molecular formula is C21H14N2O. The van der Waals surface area contributed by atoms with E-state index in [9.17, 15) is 0 Å². The molecule has 0 amide bonds. The van der Waals surface area contributed by atoms with Crippen molar-refractivity contribution in [2.24, 2.45) is 0 Å². The van der Waals surface area contributed by atoms with Gasteiger partial charge in [0.05, 0.1) is 5.56 Å². The molecule has 0 radical (unpaired) electrons. The number of fused-ring (bicyclic) bond motifs is 5. The van der Waals surface area contributed by atoms with Crippen LogP contribution in [0.25, 0.3) is 44.1 Å². The summed E-state index contributed by atoms with van der Waals surface area (Å²) in [6.45, 7) is 2.09. The Bertz CT molecular complexity index is 1210. The third-order valence-electron chi connectivity index (χ3n) is 4.41. The Morgan fingerprint density at radius 1 is 0.750 bits per heavy atom. The Morgan fingerprint density at radius 2 is 1.58 bits per heavy atom. The first-order valence-electron chi connectivity index (χ1n) is 7.93. The molecular weight excluding hydrogens is 296 g/mol. The summed E-state index contributed by atoms with van der Waals surface area (Å²) in [5.74, 6) is 0.689. The van der Waals surface area contributed by atoms with Crippen molar-refractivity contribution in [3.05, 3.63) is 72.6 Å². The molecule has 3 heteroatoms. The highest BCUT2D eigenvalue weighted by Gasteiger charge is 2.16. The minimum absolute atomic E-state index is 0.689. The van der Waals surface area contributed by atoms with Crippen LogP contribution in [0, 0.1) is 6.92 Å². The van der Waals surface area contributed by atoms with Crippen LogP contribution >= 0.6 is 0 Å². The van der Waals surface area contributed by atoms with Crippen molar-refractivity contribution < 1.29 is 4.42 Å². The van der Waals surface area contributed by atoms with Crippen molar-refractivity contribution >= 4 is 32.7 Å². The standard InChI is InChI=1S/C21H14N2O/c1-13-11-17-16-8-7-14-5-2-3-6-15(14)19(16)24-20(17)18(12-13)21-22-9-4-10-23-21/h2-12H,1H3. The normalized spacial score (nSPS) is 11.5. The highest BCUT2D eigenvalue weighted by atomic mass is 16.3. The summed E-state index contributed by atoms with van der Waals surface area (Å²) in [7, 11) is 0. The average Bonchev–Trinajstić information content (AvgIpc) is 3.01. The Hall–Kier alpha value is -3.20. The van der Waals surface area contributed by atoms with E-state index in [1.807, 2.05) is 18.2 Å². The first kappa shape index (κ1) is 13.3. The van der Waals surface area contributed by atoms with Gasteiger partial charge in [-0.05, 0) is 42.1 Å². The van der Waals surface area contributed by atoms with Gasteiger partial charge < -0.3 is 4.42 Å². The van der Waals surface area contributed by atoms with Crippen molar-refractivity contribution in [1.29, 1.82) is 0 Å². The van der Waals surface area contributed by atoms with Crippen LogP contribution in [0.2, 0.25) is 0 Å². The van der Waals surface area contributed by atoms with Crippen LogP contribution in [-0.4, -0.2) is 9.97 Å². The van der Waals surface area contributed by atoms with Crippen LogP contribution in [0.5, 0.6) is 0 Å². The van der Waals surface area contributed by atoms with E-state index >= 15 is 0 Å². The lowest BCUT2D eigenvalue weighted by Gasteiger charge is -2.02. The Morgan fingerprint density at radius 3 is 2.46 bits per heavy atom. The maximum Gasteiger partial charge on any atom is 0.162 e. The average molecular weight is 310 g/mol. The molecule has 3 nitrogen and oxygen atoms in total. The molecule has 0 unspecified atom stereocenters. The number of rotatable bonds is 1. The second-order valence-electron chi connectivity index (χ2n) is 6.03. The first-order valence-corrected chi connectivity index (χ1v) is 7.93. The van der Waals surface area contributed by atoms with Gasteiger partial charge in [0.1, 0.15) is 11.2 Å². The molecule has 5 rings (SSSR count). The van der Waals surface area contributed by atoms with Crippen LogP contribution in [0.1, 0.15) is 5.56 Å². The fourth-order valence-electron chi connectivity index (χ4n) is 3.35. The second-order valence-corrected chi connectivity index (χ2v) is 6.03. The fourth-order valence-corrected chi connectivity index (χ4v) is 3.35. The lowest BCUT2D eigenvalue weighted by molar-refractivity contribution is 0.673. The van der Waals surface area contributed by atoms with Crippen LogP contribution in [-0.2, 0) is 0 Å². The summed E-state index contributed by atoms with van der Waals surface area (Å²) in [5, 5.41) is 4.55. The smallest absolute Gasteiger partial charge is 0.162 e. The van der Waals surface area contributed by atoms with Gasteiger partial charge in [-0.25, -0.2) is 9.97 Å². The number of hydrogen-bond donors (Lipinski definition) is 0. The summed E-state index contributed by atoms with van der Waals surface area (Å²) in [4.78, 5) is 8.80. The van der Waals surface area contributed by atoms with Crippen molar-refractivity contribution in [2.45, 2.75) is 6.92 Å². The van der Waals surface area contributed by atoms with E-state index in [2.05, 4.69) is 53.3 Å². The van der Waals surface area contributed by atoms with Gasteiger partial charge in [-0.1, -0.05) is 30.3 Å². The molecule has 0 bridgehead atoms. The summed E-state index contributed by atoms with van der Waals surface area (Å²) in [6, 6.07) is 18.7. The van der Waals surface area contributed by atoms with Gasteiger partial charge in [0.25, 0.3) is 0 Å². The summed E-state index contributed by atoms with van der Waals surface area (Å²) in [6.07, 6.45) is 3.52. The monoisotopic (exact) mass is 310 g/mol. The fraction of sp³-hybridized carbons (Fsp3) is 0.0476. The van der Waals surface area contributed by atoms with Gasteiger partial charge in [0, 0.05) is 28.6 Å². The number of furan rings is 1. The van der Waals surface area contributed by atoms with Gasteiger partial charge in [0.15, 0.2) is 5.82 Å². The molecule has 0 aliphatic heterocycles. The van der Waals surface area contributed by atoms with E-state index in [1.165, 1.54) is 10.9 Å². The highest BCUT2D eigenvalue weighted by Crippen LogP contribution is 2.38. The van der Waals surface area contributed by atoms with E-state index in [0.717, 1.165) is 32.9 Å². The van der Waals surface area contributed by atoms with E-state index in [1.54, 1.807) is 12.4 Å². The van der Waals surface area contributed by atoms with Gasteiger partial charge >= 0.3 is 0 Å². The molecule has 0 aliphatic rings. The van der Waals surface area contributed by atoms with E-state index in [-0.39, 0.29) is 0 Å². The number of benzene rings is 3. The Kier molecular flexibility index (Phi) is 2.71. The van der Waals surface area contributed by atoms with Crippen molar-refractivity contribution in [3.8, 4) is 11.4 Å². The van der Waals surface area contributed by atoms with Crippen molar-refractivity contribution in [2.75, 3.05) is 0 Å². The predicted molar refractivity (Wildman–Crippen MR) is 97.0 cm³/mol. The molecule has 3 aromatic carbocycles. The van der Waals surface area contributed by atoms with Crippen LogP contribution in [0.4, 0.5) is 0 Å². The minimum Gasteiger partial charge on any atom is -0.455 e. The van der Waals surface area contributed by atoms with Crippen molar-refractivity contribution in [3.63, 3.8) is 0 Å². The minimum atomic E-state index is 0.689. The number of aromatic nitrogens is 2. The molecule has 114 valence electrons. The van der Waals surface area contributed by atoms with Crippen LogP contribution < -0.4 is 0 Å². The summed E-state index contributed by atoms with van der Waals surface area (Å²) >= 11 is 0. The van der Waals surface area contributed by atoms with Gasteiger partial charge in [-0.2, -0.15) is 0 Å². The predicted octanol–water partition coefficient (Wildman–Crippen LogP) is 5.50. The SMILES string of the molecule is Cc1cc(-c2ncccn2)c2oc3c4ccccc4ccc3c2c1. The van der Waals surface area contributed by atoms with E-state index in [0.29, 0.717) is 5.82 Å². The number of nitrogens with zero attached hydrogens (tertiary/aromatic N) is 2. The zero-order valence-corrected chi connectivity index (χ0v) is 13.2. The molecule has 24 heavy (non-hydrogen) atoms. The molecule has 0 saturated carbocycles. The molecule has 0 fully saturated rings. The Balaban J connectivity index is 1.97. The topological polar surface area (TPSA) is 38.9 Å². The maximum absolute atomic E-state index is 6.33. The van der Waals surface area contributed by atoms with Crippen LogP contribution in [0.3, 0.4) is 0 Å². The number of aryl methyl sites for hydroxylation is 1. The molecule has 5 aromatic rings. The molecule has 2 heterocycles. The van der Waals surface area contributed by atoms with Gasteiger partial charge in [-0.3, -0.25) is 0 Å². The van der Waals surface area contributed by atoms with Crippen LogP contribution in [0.15, 0.2) is 71.4 Å². The largest absolute Gasteiger partial charge is 0.455 e. The number of hydrogen-bond acceptors (Lipinski definition) is 3. The molecule has 0 aliphatic carbocycles. The summed E-state index contributed by atoms with van der Waals surface area (Å²) in [5.41, 5.74) is 3.87. The van der Waals surface area contributed by atoms with Crippen molar-refractivity contribution in [1.82, 2.24) is 9.97 Å². The lowest BCUT2D eigenvalue weighted by Crippen LogP contribution is -1.88. The first-order chi connectivity index (χ1) is 11.8. The summed E-state index contributed by atoms with van der Waals surface area (Å²) < 4.78 is 6.33. The molecule has 2 aromatic heterocycles. The molecule has 0 saturated heterocycles. The zero-order chi connectivity index (χ0) is 16.1. The second kappa shape index (κ2) is 4.90. The third kappa shape index (κ3) is 1.85. The van der Waals surface area contributed by atoms with Gasteiger partial charge in [-0.15, -0.1) is 0 Å². The quantitative estimate of drug-likeness (QED) is 0.410. The Labute approximate surface area is 138 Å². The van der Waals surface area contributed by atoms with E-state index < -0.39 is 0 Å². The zero-order valence-electron chi connectivity index (χ0n) is 13.2. The molecule has 0 atom stereocenters. The molecule has 0 spiro atoms. The lowest BCUT2D eigenvalue weighted by atomic mass is 10.0. The van der Waals surface area contributed by atoms with Gasteiger partial charge in [0.2, 0.25) is 0 Å².